The standard InChI is InChI=1S/C15H13N3O4S/c1-22-11-6-7-13(19)10(8-11)9-16-17-15-12-4-2-3-5-14(12)23(20,21)18-15/h2-9,19H,1H3,(H,17,18). The Kier molecular flexibility index (Phi) is 3.75. The van der Waals surface area contributed by atoms with Crippen LogP contribution < -0.4 is 10.2 Å². The number of sulfonamides is 1. The highest BCUT2D eigenvalue weighted by atomic mass is 32.2. The summed E-state index contributed by atoms with van der Waals surface area (Å²) in [6, 6.07) is 11.2. The monoisotopic (exact) mass is 331 g/mol. The van der Waals surface area contributed by atoms with Gasteiger partial charge >= 0.3 is 0 Å². The van der Waals surface area contributed by atoms with Crippen LogP contribution in [-0.2, 0) is 10.0 Å². The van der Waals surface area contributed by atoms with Gasteiger partial charge in [0.25, 0.3) is 10.0 Å². The Morgan fingerprint density at radius 3 is 2.83 bits per heavy atom. The second kappa shape index (κ2) is 5.73. The molecular formula is C15H13N3O4S. The summed E-state index contributed by atoms with van der Waals surface area (Å²) in [4.78, 5) is 0.141. The van der Waals surface area contributed by atoms with Crippen molar-refractivity contribution in [2.75, 3.05) is 7.11 Å². The van der Waals surface area contributed by atoms with Crippen LogP contribution in [0.5, 0.6) is 11.5 Å². The van der Waals surface area contributed by atoms with Gasteiger partial charge in [-0.25, -0.2) is 0 Å². The van der Waals surface area contributed by atoms with Crippen molar-refractivity contribution < 1.29 is 18.3 Å². The maximum Gasteiger partial charge on any atom is 0.285 e. The third kappa shape index (κ3) is 2.88. The third-order valence-electron chi connectivity index (χ3n) is 3.24. The number of aromatic hydroxyl groups is 1. The maximum atomic E-state index is 11.9. The molecule has 0 radical (unpaired) electrons. The Balaban J connectivity index is 1.85. The van der Waals surface area contributed by atoms with E-state index in [1.807, 2.05) is 0 Å². The summed E-state index contributed by atoms with van der Waals surface area (Å²) < 4.78 is 32.5. The van der Waals surface area contributed by atoms with Crippen molar-refractivity contribution in [2.45, 2.75) is 4.90 Å². The summed E-state index contributed by atoms with van der Waals surface area (Å²) in [6.07, 6.45) is 1.36. The number of nitrogens with one attached hydrogen (secondary N) is 1. The molecule has 8 heteroatoms. The number of nitrogens with zero attached hydrogens (tertiary/aromatic N) is 2. The minimum atomic E-state index is -3.69. The summed E-state index contributed by atoms with van der Waals surface area (Å²) in [5.41, 5.74) is 3.48. The Hall–Kier alpha value is -2.87. The number of amidine groups is 1. The van der Waals surface area contributed by atoms with E-state index in [9.17, 15) is 13.5 Å². The maximum absolute atomic E-state index is 11.9. The summed E-state index contributed by atoms with van der Waals surface area (Å²) in [6.45, 7) is 0. The van der Waals surface area contributed by atoms with Crippen LogP contribution in [0.2, 0.25) is 0 Å². The minimum absolute atomic E-state index is 0.0257. The lowest BCUT2D eigenvalue weighted by molar-refractivity contribution is 0.412. The van der Waals surface area contributed by atoms with Crippen LogP contribution in [0.1, 0.15) is 11.1 Å². The molecule has 0 amide bonds. The molecule has 0 saturated carbocycles. The number of ether oxygens (including phenoxy) is 1. The summed E-state index contributed by atoms with van der Waals surface area (Å²) in [5, 5.41) is 13.7. The van der Waals surface area contributed by atoms with Gasteiger partial charge in [0.05, 0.1) is 13.3 Å². The van der Waals surface area contributed by atoms with Crippen LogP contribution >= 0.6 is 0 Å². The molecule has 0 atom stereocenters. The first-order chi connectivity index (χ1) is 11.0. The van der Waals surface area contributed by atoms with Crippen LogP contribution in [0.3, 0.4) is 0 Å². The first kappa shape index (κ1) is 15.0. The molecule has 23 heavy (non-hydrogen) atoms. The first-order valence-corrected chi connectivity index (χ1v) is 8.06. The molecule has 2 aromatic carbocycles. The zero-order chi connectivity index (χ0) is 16.4. The quantitative estimate of drug-likeness (QED) is 0.655. The number of rotatable bonds is 3. The predicted molar refractivity (Wildman–Crippen MR) is 85.6 cm³/mol. The Bertz CT molecular complexity index is 920. The van der Waals surface area contributed by atoms with Crippen molar-refractivity contribution in [2.24, 2.45) is 9.50 Å². The Morgan fingerprint density at radius 2 is 2.04 bits per heavy atom. The number of benzene rings is 2. The molecule has 3 rings (SSSR count). The Labute approximate surface area is 133 Å². The fraction of sp³-hybridized carbons (Fsp3) is 0.0667. The molecule has 0 fully saturated rings. The lowest BCUT2D eigenvalue weighted by Gasteiger charge is -2.03. The highest BCUT2D eigenvalue weighted by Gasteiger charge is 2.28. The molecule has 0 unspecified atom stereocenters. The molecule has 0 aliphatic carbocycles. The first-order valence-electron chi connectivity index (χ1n) is 6.62. The molecule has 1 aliphatic rings. The van der Waals surface area contributed by atoms with Gasteiger partial charge in [0.15, 0.2) is 5.84 Å². The van der Waals surface area contributed by atoms with Crippen molar-refractivity contribution in [3.8, 4) is 11.5 Å². The molecule has 2 N–H and O–H groups in total. The van der Waals surface area contributed by atoms with Gasteiger partial charge < -0.3 is 9.84 Å². The number of phenols is 1. The van der Waals surface area contributed by atoms with Gasteiger partial charge in [-0.05, 0) is 30.3 Å². The highest BCUT2D eigenvalue weighted by Crippen LogP contribution is 2.25. The van der Waals surface area contributed by atoms with Gasteiger partial charge in [0.1, 0.15) is 16.4 Å². The van der Waals surface area contributed by atoms with Crippen LogP contribution in [0.4, 0.5) is 0 Å². The van der Waals surface area contributed by atoms with Crippen molar-refractivity contribution >= 4 is 22.1 Å². The van der Waals surface area contributed by atoms with Gasteiger partial charge in [-0.2, -0.15) is 13.5 Å². The fourth-order valence-corrected chi connectivity index (χ4v) is 3.28. The second-order valence-electron chi connectivity index (χ2n) is 4.71. The molecule has 7 nitrogen and oxygen atoms in total. The number of hydrogen-bond acceptors (Lipinski definition) is 6. The minimum Gasteiger partial charge on any atom is -0.507 e. The molecular weight excluding hydrogens is 318 g/mol. The number of hydrogen-bond donors (Lipinski definition) is 2. The summed E-state index contributed by atoms with van der Waals surface area (Å²) in [5.74, 6) is 0.729. The smallest absolute Gasteiger partial charge is 0.285 e. The van der Waals surface area contributed by atoms with Crippen LogP contribution in [0, 0.1) is 0 Å². The van der Waals surface area contributed by atoms with Gasteiger partial charge in [0.2, 0.25) is 0 Å². The van der Waals surface area contributed by atoms with Gasteiger partial charge in [-0.1, -0.05) is 12.1 Å². The largest absolute Gasteiger partial charge is 0.507 e. The molecule has 2 aromatic rings. The summed E-state index contributed by atoms with van der Waals surface area (Å²) in [7, 11) is -2.17. The van der Waals surface area contributed by atoms with E-state index in [4.69, 9.17) is 4.74 Å². The van der Waals surface area contributed by atoms with Crippen molar-refractivity contribution in [1.82, 2.24) is 5.43 Å². The topological polar surface area (TPSA) is 100 Å². The second-order valence-corrected chi connectivity index (χ2v) is 6.28. The van der Waals surface area contributed by atoms with Crippen LogP contribution in [0.25, 0.3) is 0 Å². The normalized spacial score (nSPS) is 15.3. The van der Waals surface area contributed by atoms with Crippen molar-refractivity contribution in [3.05, 3.63) is 53.6 Å². The number of methoxy groups -OCH3 is 1. The van der Waals surface area contributed by atoms with E-state index in [1.165, 1.54) is 25.5 Å². The van der Waals surface area contributed by atoms with Gasteiger partial charge in [0, 0.05) is 11.1 Å². The summed E-state index contributed by atoms with van der Waals surface area (Å²) >= 11 is 0. The van der Waals surface area contributed by atoms with Gasteiger partial charge in [-0.15, -0.1) is 4.40 Å². The third-order valence-corrected chi connectivity index (χ3v) is 4.58. The average Bonchev–Trinajstić information content (AvgIpc) is 2.81. The van der Waals surface area contributed by atoms with Crippen LogP contribution in [0.15, 0.2) is 56.9 Å². The lowest BCUT2D eigenvalue weighted by atomic mass is 10.2. The number of phenolic OH excluding ortho intramolecular Hbond substituents is 1. The highest BCUT2D eigenvalue weighted by molar-refractivity contribution is 7.90. The van der Waals surface area contributed by atoms with Crippen LogP contribution in [-0.4, -0.2) is 32.7 Å². The zero-order valence-electron chi connectivity index (χ0n) is 12.1. The average molecular weight is 331 g/mol. The number of hydrazone groups is 1. The van der Waals surface area contributed by atoms with E-state index >= 15 is 0 Å². The molecule has 0 bridgehead atoms. The van der Waals surface area contributed by atoms with E-state index in [0.29, 0.717) is 16.9 Å². The van der Waals surface area contributed by atoms with E-state index in [-0.39, 0.29) is 16.5 Å². The fourth-order valence-electron chi connectivity index (χ4n) is 2.11. The molecule has 1 aliphatic heterocycles. The van der Waals surface area contributed by atoms with E-state index in [2.05, 4.69) is 14.9 Å². The molecule has 0 aromatic heterocycles. The zero-order valence-corrected chi connectivity index (χ0v) is 12.9. The molecule has 0 saturated heterocycles. The molecule has 0 spiro atoms. The van der Waals surface area contributed by atoms with Crippen molar-refractivity contribution in [3.63, 3.8) is 0 Å². The van der Waals surface area contributed by atoms with Gasteiger partial charge in [-0.3, -0.25) is 5.43 Å². The SMILES string of the molecule is COc1ccc(O)c(C=NNC2=NS(=O)(=O)c3ccccc32)c1. The Morgan fingerprint density at radius 1 is 1.26 bits per heavy atom. The van der Waals surface area contributed by atoms with E-state index < -0.39 is 10.0 Å². The molecule has 1 heterocycles. The molecule has 118 valence electrons. The predicted octanol–water partition coefficient (Wildman–Crippen LogP) is 1.47. The number of fused-ring (bicyclic) bond motifs is 1. The van der Waals surface area contributed by atoms with Crippen molar-refractivity contribution in [1.29, 1.82) is 0 Å². The lowest BCUT2D eigenvalue weighted by Crippen LogP contribution is -2.17. The van der Waals surface area contributed by atoms with E-state index in [1.54, 1.807) is 30.3 Å². The van der Waals surface area contributed by atoms with E-state index in [0.717, 1.165) is 0 Å².